The maximum absolute atomic E-state index is 12.2. The molecule has 0 spiro atoms. The van der Waals surface area contributed by atoms with E-state index in [0.717, 1.165) is 20.1 Å². The fourth-order valence-corrected chi connectivity index (χ4v) is 4.44. The van der Waals surface area contributed by atoms with Crippen LogP contribution in [0.5, 0.6) is 11.6 Å². The first-order chi connectivity index (χ1) is 13.8. The number of hydrogen-bond acceptors (Lipinski definition) is 6. The maximum atomic E-state index is 12.2. The van der Waals surface area contributed by atoms with Crippen molar-refractivity contribution in [2.24, 2.45) is 0 Å². The number of rotatable bonds is 7. The average molecular weight is 408 g/mol. The van der Waals surface area contributed by atoms with Crippen LogP contribution in [-0.4, -0.2) is 21.6 Å². The molecule has 1 amide bonds. The minimum absolute atomic E-state index is 0.0275. The number of amides is 1. The third kappa shape index (κ3) is 4.88. The highest BCUT2D eigenvalue weighted by atomic mass is 32.2. The van der Waals surface area contributed by atoms with Gasteiger partial charge in [-0.2, -0.15) is 0 Å². The van der Waals surface area contributed by atoms with E-state index < -0.39 is 0 Å². The Kier molecular flexibility index (Phi) is 5.84. The highest BCUT2D eigenvalue weighted by Gasteiger charge is 2.08. The molecule has 0 bridgehead atoms. The van der Waals surface area contributed by atoms with Crippen molar-refractivity contribution in [3.8, 4) is 11.6 Å². The third-order valence-electron chi connectivity index (χ3n) is 3.85. The lowest BCUT2D eigenvalue weighted by Crippen LogP contribution is -2.24. The van der Waals surface area contributed by atoms with Crippen LogP contribution in [0.4, 0.5) is 0 Å². The van der Waals surface area contributed by atoms with E-state index >= 15 is 0 Å². The van der Waals surface area contributed by atoms with Crippen LogP contribution in [0.25, 0.3) is 10.2 Å². The van der Waals surface area contributed by atoms with Crippen LogP contribution in [0.2, 0.25) is 0 Å². The number of thiazole rings is 1. The largest absolute Gasteiger partial charge is 0.439 e. The summed E-state index contributed by atoms with van der Waals surface area (Å²) < 4.78 is 7.76. The molecule has 28 heavy (non-hydrogen) atoms. The van der Waals surface area contributed by atoms with E-state index in [9.17, 15) is 4.79 Å². The van der Waals surface area contributed by atoms with E-state index in [1.165, 1.54) is 11.8 Å². The van der Waals surface area contributed by atoms with E-state index in [1.54, 1.807) is 23.6 Å². The van der Waals surface area contributed by atoms with Gasteiger partial charge in [0.1, 0.15) is 5.75 Å². The number of nitrogens with zero attached hydrogens (tertiary/aromatic N) is 2. The van der Waals surface area contributed by atoms with Gasteiger partial charge in [-0.05, 0) is 35.9 Å². The minimum Gasteiger partial charge on any atom is -0.439 e. The van der Waals surface area contributed by atoms with Crippen LogP contribution in [0.1, 0.15) is 5.56 Å². The van der Waals surface area contributed by atoms with Gasteiger partial charge in [-0.15, -0.1) is 11.3 Å². The fraction of sp³-hybridized carbons (Fsp3) is 0.0952. The molecule has 2 aromatic carbocycles. The molecule has 2 aromatic heterocycles. The summed E-state index contributed by atoms with van der Waals surface area (Å²) in [7, 11) is 0. The number of fused-ring (bicyclic) bond motifs is 1. The summed E-state index contributed by atoms with van der Waals surface area (Å²) in [4.78, 5) is 20.9. The quantitative estimate of drug-likeness (QED) is 0.442. The monoisotopic (exact) mass is 407 g/mol. The van der Waals surface area contributed by atoms with Gasteiger partial charge >= 0.3 is 0 Å². The molecule has 4 rings (SSSR count). The number of carbonyl (C=O) groups excluding carboxylic acids is 1. The molecule has 0 saturated heterocycles. The Hall–Kier alpha value is -2.90. The smallest absolute Gasteiger partial charge is 0.230 e. The highest BCUT2D eigenvalue weighted by Crippen LogP contribution is 2.29. The molecular weight excluding hydrogens is 390 g/mol. The molecular formula is C21H17N3O2S2. The molecule has 0 aliphatic carbocycles. The van der Waals surface area contributed by atoms with Crippen molar-refractivity contribution in [1.29, 1.82) is 0 Å². The van der Waals surface area contributed by atoms with Gasteiger partial charge in [0.25, 0.3) is 0 Å². The fourth-order valence-electron chi connectivity index (χ4n) is 2.54. The number of hydrogen-bond donors (Lipinski definition) is 1. The molecule has 0 aliphatic rings. The first-order valence-electron chi connectivity index (χ1n) is 8.69. The third-order valence-corrected chi connectivity index (χ3v) is 6.03. The number of benzene rings is 2. The molecule has 7 heteroatoms. The van der Waals surface area contributed by atoms with Gasteiger partial charge in [0.15, 0.2) is 4.34 Å². The molecule has 1 N–H and O–H groups in total. The van der Waals surface area contributed by atoms with Crippen molar-refractivity contribution in [3.05, 3.63) is 78.5 Å². The molecule has 0 fully saturated rings. The topological polar surface area (TPSA) is 64.1 Å². The van der Waals surface area contributed by atoms with E-state index in [2.05, 4.69) is 15.3 Å². The summed E-state index contributed by atoms with van der Waals surface area (Å²) in [5.41, 5.74) is 1.94. The maximum Gasteiger partial charge on any atom is 0.230 e. The number of ether oxygens (including phenoxy) is 1. The summed E-state index contributed by atoms with van der Waals surface area (Å²) in [6, 6.07) is 21.1. The molecule has 2 heterocycles. The highest BCUT2D eigenvalue weighted by molar-refractivity contribution is 8.01. The molecule has 0 aliphatic heterocycles. The lowest BCUT2D eigenvalue weighted by atomic mass is 10.2. The van der Waals surface area contributed by atoms with Crippen molar-refractivity contribution < 1.29 is 9.53 Å². The van der Waals surface area contributed by atoms with Gasteiger partial charge in [-0.25, -0.2) is 9.97 Å². The standard InChI is InChI=1S/C21H17N3O2S2/c25-19(14-27-21-24-17-8-1-2-9-18(17)28-21)23-13-15-6-5-7-16(12-15)26-20-10-3-4-11-22-20/h1-12H,13-14H2,(H,23,25). The Labute approximate surface area is 170 Å². The summed E-state index contributed by atoms with van der Waals surface area (Å²) in [6.07, 6.45) is 1.68. The van der Waals surface area contributed by atoms with Gasteiger partial charge in [0.2, 0.25) is 11.8 Å². The van der Waals surface area contributed by atoms with Gasteiger partial charge in [0, 0.05) is 18.8 Å². The SMILES string of the molecule is O=C(CSc1nc2ccccc2s1)NCc1cccc(Oc2ccccn2)c1. The lowest BCUT2D eigenvalue weighted by molar-refractivity contribution is -0.118. The van der Waals surface area contributed by atoms with Crippen LogP contribution < -0.4 is 10.1 Å². The van der Waals surface area contributed by atoms with Gasteiger partial charge < -0.3 is 10.1 Å². The number of carbonyl (C=O) groups is 1. The molecule has 0 saturated carbocycles. The number of pyridine rings is 1. The zero-order chi connectivity index (χ0) is 19.2. The Morgan fingerprint density at radius 1 is 1.07 bits per heavy atom. The Morgan fingerprint density at radius 3 is 2.82 bits per heavy atom. The lowest BCUT2D eigenvalue weighted by Gasteiger charge is -2.08. The number of nitrogens with one attached hydrogen (secondary N) is 1. The van der Waals surface area contributed by atoms with Crippen molar-refractivity contribution in [2.45, 2.75) is 10.9 Å². The van der Waals surface area contributed by atoms with Crippen LogP contribution in [-0.2, 0) is 11.3 Å². The van der Waals surface area contributed by atoms with Crippen molar-refractivity contribution in [1.82, 2.24) is 15.3 Å². The second kappa shape index (κ2) is 8.86. The summed E-state index contributed by atoms with van der Waals surface area (Å²) in [5.74, 6) is 1.54. The van der Waals surface area contributed by atoms with Gasteiger partial charge in [-0.3, -0.25) is 4.79 Å². The first-order valence-corrected chi connectivity index (χ1v) is 10.5. The molecule has 4 aromatic rings. The average Bonchev–Trinajstić information content (AvgIpc) is 3.15. The van der Waals surface area contributed by atoms with Crippen LogP contribution in [0.3, 0.4) is 0 Å². The van der Waals surface area contributed by atoms with E-state index in [-0.39, 0.29) is 5.91 Å². The van der Waals surface area contributed by atoms with Gasteiger partial charge in [0.05, 0.1) is 16.0 Å². The molecule has 140 valence electrons. The number of thioether (sulfide) groups is 1. The summed E-state index contributed by atoms with van der Waals surface area (Å²) >= 11 is 3.06. The molecule has 0 atom stereocenters. The van der Waals surface area contributed by atoms with E-state index in [1.807, 2.05) is 60.7 Å². The van der Waals surface area contributed by atoms with E-state index in [0.29, 0.717) is 23.9 Å². The van der Waals surface area contributed by atoms with E-state index in [4.69, 9.17) is 4.74 Å². The zero-order valence-corrected chi connectivity index (χ0v) is 16.5. The van der Waals surface area contributed by atoms with Crippen molar-refractivity contribution in [3.63, 3.8) is 0 Å². The minimum atomic E-state index is -0.0275. The van der Waals surface area contributed by atoms with Crippen LogP contribution >= 0.6 is 23.1 Å². The predicted octanol–water partition coefficient (Wildman–Crippen LogP) is 4.89. The Bertz CT molecular complexity index is 1050. The first kappa shape index (κ1) is 18.5. The normalized spacial score (nSPS) is 10.7. The summed E-state index contributed by atoms with van der Waals surface area (Å²) in [5, 5.41) is 2.94. The molecule has 0 radical (unpaired) electrons. The molecule has 0 unspecified atom stereocenters. The Balaban J connectivity index is 1.29. The second-order valence-electron chi connectivity index (χ2n) is 5.93. The second-order valence-corrected chi connectivity index (χ2v) is 8.18. The van der Waals surface area contributed by atoms with Gasteiger partial charge in [-0.1, -0.05) is 42.1 Å². The predicted molar refractivity (Wildman–Crippen MR) is 113 cm³/mol. The van der Waals surface area contributed by atoms with Crippen LogP contribution in [0, 0.1) is 0 Å². The zero-order valence-electron chi connectivity index (χ0n) is 14.9. The van der Waals surface area contributed by atoms with Crippen molar-refractivity contribution in [2.75, 3.05) is 5.75 Å². The van der Waals surface area contributed by atoms with Crippen molar-refractivity contribution >= 4 is 39.2 Å². The number of para-hydroxylation sites is 1. The van der Waals surface area contributed by atoms with Crippen LogP contribution in [0.15, 0.2) is 77.3 Å². The summed E-state index contributed by atoms with van der Waals surface area (Å²) in [6.45, 7) is 0.443. The number of aromatic nitrogens is 2. The Morgan fingerprint density at radius 2 is 1.96 bits per heavy atom. The molecule has 5 nitrogen and oxygen atoms in total.